The van der Waals surface area contributed by atoms with Crippen molar-refractivity contribution in [1.82, 2.24) is 10.2 Å². The SMILES string of the molecule is CCC1CCN(C(=O)NCC(COC)OC)C(C(=O)O)C1. The van der Waals surface area contributed by atoms with Crippen molar-refractivity contribution >= 4 is 12.0 Å². The first-order valence-electron chi connectivity index (χ1n) is 7.32. The average molecular weight is 302 g/mol. The second-order valence-corrected chi connectivity index (χ2v) is 5.35. The zero-order valence-corrected chi connectivity index (χ0v) is 13.0. The topological polar surface area (TPSA) is 88.1 Å². The van der Waals surface area contributed by atoms with Gasteiger partial charge in [-0.2, -0.15) is 0 Å². The fourth-order valence-corrected chi connectivity index (χ4v) is 2.59. The van der Waals surface area contributed by atoms with E-state index in [1.54, 1.807) is 14.2 Å². The van der Waals surface area contributed by atoms with Gasteiger partial charge in [-0.25, -0.2) is 9.59 Å². The van der Waals surface area contributed by atoms with Gasteiger partial charge in [0.2, 0.25) is 0 Å². The maximum Gasteiger partial charge on any atom is 0.326 e. The summed E-state index contributed by atoms with van der Waals surface area (Å²) in [5.41, 5.74) is 0. The molecule has 7 heteroatoms. The van der Waals surface area contributed by atoms with Crippen molar-refractivity contribution in [2.75, 3.05) is 33.9 Å². The van der Waals surface area contributed by atoms with Gasteiger partial charge in [-0.3, -0.25) is 0 Å². The van der Waals surface area contributed by atoms with Gasteiger partial charge in [0, 0.05) is 27.3 Å². The molecule has 7 nitrogen and oxygen atoms in total. The van der Waals surface area contributed by atoms with Gasteiger partial charge < -0.3 is 24.8 Å². The Morgan fingerprint density at radius 2 is 2.14 bits per heavy atom. The van der Waals surface area contributed by atoms with E-state index in [9.17, 15) is 14.7 Å². The quantitative estimate of drug-likeness (QED) is 0.730. The molecule has 0 radical (unpaired) electrons. The lowest BCUT2D eigenvalue weighted by Gasteiger charge is -2.37. The minimum Gasteiger partial charge on any atom is -0.480 e. The number of ether oxygens (including phenoxy) is 2. The maximum absolute atomic E-state index is 12.2. The van der Waals surface area contributed by atoms with Crippen molar-refractivity contribution in [3.63, 3.8) is 0 Å². The molecule has 2 N–H and O–H groups in total. The van der Waals surface area contributed by atoms with Crippen LogP contribution >= 0.6 is 0 Å². The summed E-state index contributed by atoms with van der Waals surface area (Å²) in [5.74, 6) is -0.571. The van der Waals surface area contributed by atoms with E-state index in [4.69, 9.17) is 9.47 Å². The molecule has 1 saturated heterocycles. The summed E-state index contributed by atoms with van der Waals surface area (Å²) in [7, 11) is 3.10. The molecular weight excluding hydrogens is 276 g/mol. The van der Waals surface area contributed by atoms with Crippen LogP contribution in [0, 0.1) is 5.92 Å². The molecule has 0 spiro atoms. The fourth-order valence-electron chi connectivity index (χ4n) is 2.59. The molecule has 1 rings (SSSR count). The number of carboxylic acids is 1. The first-order valence-corrected chi connectivity index (χ1v) is 7.32. The zero-order chi connectivity index (χ0) is 15.8. The van der Waals surface area contributed by atoms with Crippen LogP contribution in [0.2, 0.25) is 0 Å². The van der Waals surface area contributed by atoms with Crippen LogP contribution in [0.15, 0.2) is 0 Å². The molecule has 0 aromatic carbocycles. The molecule has 3 unspecified atom stereocenters. The highest BCUT2D eigenvalue weighted by Crippen LogP contribution is 2.25. The molecule has 0 aromatic heterocycles. The highest BCUT2D eigenvalue weighted by atomic mass is 16.5. The van der Waals surface area contributed by atoms with Crippen molar-refractivity contribution < 1.29 is 24.2 Å². The number of aliphatic carboxylic acids is 1. The van der Waals surface area contributed by atoms with Gasteiger partial charge in [-0.05, 0) is 18.8 Å². The number of likely N-dealkylation sites (tertiary alicyclic amines) is 1. The summed E-state index contributed by atoms with van der Waals surface area (Å²) in [6.07, 6.45) is 2.07. The number of rotatable bonds is 7. The van der Waals surface area contributed by atoms with E-state index >= 15 is 0 Å². The number of carbonyl (C=O) groups excluding carboxylic acids is 1. The Bertz CT molecular complexity index is 350. The summed E-state index contributed by atoms with van der Waals surface area (Å²) in [5, 5.41) is 12.0. The van der Waals surface area contributed by atoms with Crippen LogP contribution in [-0.4, -0.2) is 68.1 Å². The average Bonchev–Trinajstić information content (AvgIpc) is 2.50. The summed E-state index contributed by atoms with van der Waals surface area (Å²) >= 11 is 0. The van der Waals surface area contributed by atoms with Crippen LogP contribution in [-0.2, 0) is 14.3 Å². The largest absolute Gasteiger partial charge is 0.480 e. The van der Waals surface area contributed by atoms with Crippen LogP contribution in [0.25, 0.3) is 0 Å². The lowest BCUT2D eigenvalue weighted by atomic mass is 9.89. The summed E-state index contributed by atoms with van der Waals surface area (Å²) in [6, 6.07) is -1.10. The molecule has 3 atom stereocenters. The fraction of sp³-hybridized carbons (Fsp3) is 0.857. The summed E-state index contributed by atoms with van der Waals surface area (Å²) in [6.45, 7) is 3.19. The number of carbonyl (C=O) groups is 2. The van der Waals surface area contributed by atoms with E-state index in [-0.39, 0.29) is 12.1 Å². The van der Waals surface area contributed by atoms with E-state index < -0.39 is 12.0 Å². The van der Waals surface area contributed by atoms with Crippen LogP contribution in [0.3, 0.4) is 0 Å². The molecule has 122 valence electrons. The van der Waals surface area contributed by atoms with Crippen LogP contribution in [0.4, 0.5) is 4.79 Å². The van der Waals surface area contributed by atoms with Gasteiger partial charge in [-0.1, -0.05) is 13.3 Å². The number of piperidine rings is 1. The van der Waals surface area contributed by atoms with E-state index in [1.807, 2.05) is 6.92 Å². The second kappa shape index (κ2) is 8.84. The standard InChI is InChI=1S/C14H26N2O5/c1-4-10-5-6-16(12(7-10)13(17)18)14(19)15-8-11(21-3)9-20-2/h10-12H,4-9H2,1-3H3,(H,15,19)(H,17,18). The lowest BCUT2D eigenvalue weighted by molar-refractivity contribution is -0.144. The molecule has 21 heavy (non-hydrogen) atoms. The Kier molecular flexibility index (Phi) is 7.45. The maximum atomic E-state index is 12.2. The number of nitrogens with zero attached hydrogens (tertiary/aromatic N) is 1. The van der Waals surface area contributed by atoms with Crippen molar-refractivity contribution in [2.24, 2.45) is 5.92 Å². The molecular formula is C14H26N2O5. The number of amides is 2. The lowest BCUT2D eigenvalue weighted by Crippen LogP contribution is -2.54. The van der Waals surface area contributed by atoms with Crippen molar-refractivity contribution in [3.05, 3.63) is 0 Å². The van der Waals surface area contributed by atoms with Gasteiger partial charge in [0.15, 0.2) is 0 Å². The van der Waals surface area contributed by atoms with Crippen molar-refractivity contribution in [2.45, 2.75) is 38.3 Å². The summed E-state index contributed by atoms with van der Waals surface area (Å²) in [4.78, 5) is 25.0. The number of methoxy groups -OCH3 is 2. The van der Waals surface area contributed by atoms with E-state index in [0.717, 1.165) is 12.8 Å². The van der Waals surface area contributed by atoms with Gasteiger partial charge in [0.1, 0.15) is 6.04 Å². The van der Waals surface area contributed by atoms with Crippen LogP contribution < -0.4 is 5.32 Å². The third-order valence-corrected chi connectivity index (χ3v) is 4.00. The third kappa shape index (κ3) is 5.17. The van der Waals surface area contributed by atoms with Crippen molar-refractivity contribution in [1.29, 1.82) is 0 Å². The Morgan fingerprint density at radius 3 is 2.67 bits per heavy atom. The Morgan fingerprint density at radius 1 is 1.43 bits per heavy atom. The number of hydrogen-bond acceptors (Lipinski definition) is 4. The van der Waals surface area contributed by atoms with Gasteiger partial charge >= 0.3 is 12.0 Å². The molecule has 1 heterocycles. The predicted molar refractivity (Wildman–Crippen MR) is 77.2 cm³/mol. The minimum absolute atomic E-state index is 0.240. The minimum atomic E-state index is -0.941. The Hall–Kier alpha value is -1.34. The highest BCUT2D eigenvalue weighted by Gasteiger charge is 2.35. The molecule has 1 fully saturated rings. The number of hydrogen-bond donors (Lipinski definition) is 2. The van der Waals surface area contributed by atoms with E-state index in [1.165, 1.54) is 4.90 Å². The number of nitrogens with one attached hydrogen (secondary N) is 1. The highest BCUT2D eigenvalue weighted by molar-refractivity contribution is 5.82. The molecule has 0 bridgehead atoms. The Balaban J connectivity index is 2.56. The first-order chi connectivity index (χ1) is 10.0. The third-order valence-electron chi connectivity index (χ3n) is 4.00. The molecule has 2 amide bonds. The number of carboxylic acid groups (broad SMARTS) is 1. The predicted octanol–water partition coefficient (Wildman–Crippen LogP) is 0.933. The van der Waals surface area contributed by atoms with Crippen LogP contribution in [0.5, 0.6) is 0 Å². The first kappa shape index (κ1) is 17.7. The Labute approximate surface area is 125 Å². The molecule has 0 aliphatic carbocycles. The molecule has 0 saturated carbocycles. The molecule has 1 aliphatic heterocycles. The van der Waals surface area contributed by atoms with Crippen molar-refractivity contribution in [3.8, 4) is 0 Å². The number of urea groups is 1. The molecule has 0 aromatic rings. The zero-order valence-electron chi connectivity index (χ0n) is 13.0. The van der Waals surface area contributed by atoms with E-state index in [2.05, 4.69) is 5.32 Å². The van der Waals surface area contributed by atoms with Crippen LogP contribution in [0.1, 0.15) is 26.2 Å². The van der Waals surface area contributed by atoms with Gasteiger partial charge in [0.25, 0.3) is 0 Å². The monoisotopic (exact) mass is 302 g/mol. The van der Waals surface area contributed by atoms with E-state index in [0.29, 0.717) is 32.0 Å². The smallest absolute Gasteiger partial charge is 0.326 e. The summed E-state index contributed by atoms with van der Waals surface area (Å²) < 4.78 is 10.1. The normalized spacial score (nSPS) is 23.7. The van der Waals surface area contributed by atoms with Gasteiger partial charge in [-0.15, -0.1) is 0 Å². The van der Waals surface area contributed by atoms with Gasteiger partial charge in [0.05, 0.1) is 12.7 Å². The molecule has 1 aliphatic rings. The second-order valence-electron chi connectivity index (χ2n) is 5.35.